The van der Waals surface area contributed by atoms with Gasteiger partial charge in [0.1, 0.15) is 11.8 Å². The van der Waals surface area contributed by atoms with E-state index in [2.05, 4.69) is 10.3 Å². The van der Waals surface area contributed by atoms with Crippen LogP contribution in [0.4, 0.5) is 0 Å². The summed E-state index contributed by atoms with van der Waals surface area (Å²) >= 11 is 0. The molecule has 0 amide bonds. The van der Waals surface area contributed by atoms with Crippen molar-refractivity contribution in [1.29, 1.82) is 0 Å². The minimum absolute atomic E-state index is 0.203. The quantitative estimate of drug-likeness (QED) is 0.756. The van der Waals surface area contributed by atoms with E-state index >= 15 is 0 Å². The summed E-state index contributed by atoms with van der Waals surface area (Å²) in [5.74, 6) is 1.58. The summed E-state index contributed by atoms with van der Waals surface area (Å²) in [5, 5.41) is 3.13. The summed E-state index contributed by atoms with van der Waals surface area (Å²) in [6.45, 7) is 2.30. The molecule has 0 radical (unpaired) electrons. The average molecular weight is 224 g/mol. The monoisotopic (exact) mass is 224 g/mol. The standard InChI is InChI=1S/C11H16N2O3/c1-7-5-12-9(16-7)6-13-10(8-3-4-8)11(14)15-2/h5,8,10,13H,3-4,6H2,1-2H3. The Bertz CT molecular complexity index is 371. The summed E-state index contributed by atoms with van der Waals surface area (Å²) in [6.07, 6.45) is 3.83. The number of nitrogens with zero attached hydrogens (tertiary/aromatic N) is 1. The van der Waals surface area contributed by atoms with Crippen LogP contribution in [0.2, 0.25) is 0 Å². The third kappa shape index (κ3) is 2.61. The van der Waals surface area contributed by atoms with Crippen LogP contribution in [-0.2, 0) is 16.1 Å². The molecular formula is C11H16N2O3. The molecular weight excluding hydrogens is 208 g/mol. The molecule has 1 saturated carbocycles. The summed E-state index contributed by atoms with van der Waals surface area (Å²) in [4.78, 5) is 15.6. The van der Waals surface area contributed by atoms with E-state index in [-0.39, 0.29) is 12.0 Å². The van der Waals surface area contributed by atoms with Crippen molar-refractivity contribution in [3.63, 3.8) is 0 Å². The first-order chi connectivity index (χ1) is 7.70. The number of aryl methyl sites for hydroxylation is 1. The van der Waals surface area contributed by atoms with Crippen molar-refractivity contribution in [3.05, 3.63) is 17.8 Å². The van der Waals surface area contributed by atoms with Crippen LogP contribution in [-0.4, -0.2) is 24.1 Å². The Morgan fingerprint density at radius 3 is 3.00 bits per heavy atom. The SMILES string of the molecule is COC(=O)C(NCc1ncc(C)o1)C1CC1. The predicted molar refractivity (Wildman–Crippen MR) is 56.6 cm³/mol. The van der Waals surface area contributed by atoms with Crippen LogP contribution in [0.5, 0.6) is 0 Å². The molecule has 1 aromatic rings. The van der Waals surface area contributed by atoms with Crippen molar-refractivity contribution >= 4 is 5.97 Å². The first kappa shape index (κ1) is 11.1. The molecule has 1 unspecified atom stereocenters. The molecule has 5 nitrogen and oxygen atoms in total. The lowest BCUT2D eigenvalue weighted by Gasteiger charge is -2.14. The number of aromatic nitrogens is 1. The van der Waals surface area contributed by atoms with E-state index in [9.17, 15) is 4.79 Å². The van der Waals surface area contributed by atoms with Gasteiger partial charge < -0.3 is 9.15 Å². The van der Waals surface area contributed by atoms with Crippen molar-refractivity contribution in [2.24, 2.45) is 5.92 Å². The van der Waals surface area contributed by atoms with E-state index < -0.39 is 0 Å². The highest BCUT2D eigenvalue weighted by Gasteiger charge is 2.36. The molecule has 2 rings (SSSR count). The van der Waals surface area contributed by atoms with E-state index in [0.717, 1.165) is 18.6 Å². The zero-order chi connectivity index (χ0) is 11.5. The number of ether oxygens (including phenoxy) is 1. The summed E-state index contributed by atoms with van der Waals surface area (Å²) in [6, 6.07) is -0.225. The first-order valence-corrected chi connectivity index (χ1v) is 5.43. The molecule has 0 saturated heterocycles. The number of esters is 1. The van der Waals surface area contributed by atoms with Crippen LogP contribution in [0.25, 0.3) is 0 Å². The average Bonchev–Trinajstić information content (AvgIpc) is 3.02. The van der Waals surface area contributed by atoms with Gasteiger partial charge in [0.25, 0.3) is 0 Å². The van der Waals surface area contributed by atoms with E-state index in [1.165, 1.54) is 7.11 Å². The van der Waals surface area contributed by atoms with Crippen molar-refractivity contribution in [1.82, 2.24) is 10.3 Å². The Hall–Kier alpha value is -1.36. The molecule has 1 aromatic heterocycles. The summed E-state index contributed by atoms with van der Waals surface area (Å²) in [7, 11) is 1.41. The van der Waals surface area contributed by atoms with Crippen molar-refractivity contribution in [3.8, 4) is 0 Å². The van der Waals surface area contributed by atoms with Gasteiger partial charge in [-0.05, 0) is 25.7 Å². The van der Waals surface area contributed by atoms with Gasteiger partial charge in [-0.25, -0.2) is 4.98 Å². The second-order valence-electron chi connectivity index (χ2n) is 4.08. The number of hydrogen-bond donors (Lipinski definition) is 1. The Morgan fingerprint density at radius 1 is 1.75 bits per heavy atom. The minimum Gasteiger partial charge on any atom is -0.468 e. The molecule has 88 valence electrons. The van der Waals surface area contributed by atoms with Crippen LogP contribution in [0.1, 0.15) is 24.5 Å². The third-order valence-electron chi connectivity index (χ3n) is 2.69. The molecule has 0 spiro atoms. The highest BCUT2D eigenvalue weighted by Crippen LogP contribution is 2.33. The zero-order valence-electron chi connectivity index (χ0n) is 9.53. The maximum absolute atomic E-state index is 11.5. The van der Waals surface area contributed by atoms with Gasteiger partial charge in [0.05, 0.1) is 19.9 Å². The van der Waals surface area contributed by atoms with Gasteiger partial charge in [-0.15, -0.1) is 0 Å². The molecule has 1 N–H and O–H groups in total. The molecule has 1 aliphatic rings. The van der Waals surface area contributed by atoms with Gasteiger partial charge in [-0.3, -0.25) is 10.1 Å². The van der Waals surface area contributed by atoms with Gasteiger partial charge in [-0.2, -0.15) is 0 Å². The fourth-order valence-corrected chi connectivity index (χ4v) is 1.68. The van der Waals surface area contributed by atoms with Crippen LogP contribution < -0.4 is 5.32 Å². The number of carbonyl (C=O) groups is 1. The molecule has 0 bridgehead atoms. The minimum atomic E-state index is -0.225. The molecule has 1 fully saturated rings. The molecule has 0 aliphatic heterocycles. The fraction of sp³-hybridized carbons (Fsp3) is 0.636. The lowest BCUT2D eigenvalue weighted by atomic mass is 10.2. The molecule has 1 atom stereocenters. The van der Waals surface area contributed by atoms with E-state index in [1.807, 2.05) is 6.92 Å². The molecule has 0 aromatic carbocycles. The molecule has 16 heavy (non-hydrogen) atoms. The predicted octanol–water partition coefficient (Wildman–Crippen LogP) is 1.02. The maximum Gasteiger partial charge on any atom is 0.323 e. The number of methoxy groups -OCH3 is 1. The van der Waals surface area contributed by atoms with Gasteiger partial charge in [0.15, 0.2) is 0 Å². The third-order valence-corrected chi connectivity index (χ3v) is 2.69. The largest absolute Gasteiger partial charge is 0.468 e. The number of hydrogen-bond acceptors (Lipinski definition) is 5. The first-order valence-electron chi connectivity index (χ1n) is 5.43. The van der Waals surface area contributed by atoms with Crippen LogP contribution >= 0.6 is 0 Å². The lowest BCUT2D eigenvalue weighted by molar-refractivity contribution is -0.143. The van der Waals surface area contributed by atoms with Crippen molar-refractivity contribution < 1.29 is 13.9 Å². The Balaban J connectivity index is 1.88. The highest BCUT2D eigenvalue weighted by atomic mass is 16.5. The van der Waals surface area contributed by atoms with Crippen LogP contribution in [0.15, 0.2) is 10.6 Å². The van der Waals surface area contributed by atoms with Gasteiger partial charge >= 0.3 is 5.97 Å². The number of oxazole rings is 1. The fourth-order valence-electron chi connectivity index (χ4n) is 1.68. The van der Waals surface area contributed by atoms with E-state index in [1.54, 1.807) is 6.20 Å². The van der Waals surface area contributed by atoms with Gasteiger partial charge in [-0.1, -0.05) is 0 Å². The van der Waals surface area contributed by atoms with Crippen molar-refractivity contribution in [2.75, 3.05) is 7.11 Å². The van der Waals surface area contributed by atoms with Gasteiger partial charge in [0, 0.05) is 0 Å². The Kier molecular flexibility index (Phi) is 3.24. The molecule has 1 aliphatic carbocycles. The van der Waals surface area contributed by atoms with Crippen molar-refractivity contribution in [2.45, 2.75) is 32.4 Å². The topological polar surface area (TPSA) is 64.4 Å². The second-order valence-corrected chi connectivity index (χ2v) is 4.08. The second kappa shape index (κ2) is 4.65. The number of nitrogens with one attached hydrogen (secondary N) is 1. The summed E-state index contributed by atoms with van der Waals surface area (Å²) < 4.78 is 10.1. The zero-order valence-corrected chi connectivity index (χ0v) is 9.53. The highest BCUT2D eigenvalue weighted by molar-refractivity contribution is 5.76. The van der Waals surface area contributed by atoms with Crippen LogP contribution in [0, 0.1) is 12.8 Å². The van der Waals surface area contributed by atoms with Crippen LogP contribution in [0.3, 0.4) is 0 Å². The molecule has 1 heterocycles. The molecule has 5 heteroatoms. The maximum atomic E-state index is 11.5. The Morgan fingerprint density at radius 2 is 2.50 bits per heavy atom. The lowest BCUT2D eigenvalue weighted by Crippen LogP contribution is -2.39. The van der Waals surface area contributed by atoms with E-state index in [0.29, 0.717) is 18.4 Å². The van der Waals surface area contributed by atoms with Gasteiger partial charge in [0.2, 0.25) is 5.89 Å². The summed E-state index contributed by atoms with van der Waals surface area (Å²) in [5.41, 5.74) is 0. The van der Waals surface area contributed by atoms with E-state index in [4.69, 9.17) is 9.15 Å². The normalized spacial score (nSPS) is 17.1. The Labute approximate surface area is 94.2 Å². The number of carbonyl (C=O) groups excluding carboxylic acids is 1. The number of rotatable bonds is 5. The smallest absolute Gasteiger partial charge is 0.323 e.